The third kappa shape index (κ3) is 2.72. The van der Waals surface area contributed by atoms with Gasteiger partial charge in [-0.3, -0.25) is 4.68 Å². The molecule has 0 unspecified atom stereocenters. The minimum atomic E-state index is 0.404. The maximum absolute atomic E-state index is 6.34. The summed E-state index contributed by atoms with van der Waals surface area (Å²) in [5, 5.41) is 5.48. The quantitative estimate of drug-likeness (QED) is 0.675. The number of aromatic nitrogens is 3. The molecule has 3 aromatic rings. The lowest BCUT2D eigenvalue weighted by Crippen LogP contribution is -1.96. The van der Waals surface area contributed by atoms with E-state index in [1.807, 2.05) is 31.4 Å². The van der Waals surface area contributed by atoms with E-state index in [1.165, 1.54) is 0 Å². The fourth-order valence-corrected chi connectivity index (χ4v) is 2.97. The molecule has 0 aliphatic heterocycles. The summed E-state index contributed by atoms with van der Waals surface area (Å²) >= 11 is 15.9. The van der Waals surface area contributed by atoms with Crippen molar-refractivity contribution in [2.45, 2.75) is 0 Å². The van der Waals surface area contributed by atoms with Crippen LogP contribution in [-0.4, -0.2) is 14.8 Å². The predicted molar refractivity (Wildman–Crippen MR) is 94.0 cm³/mol. The molecule has 7 heteroatoms. The highest BCUT2D eigenvalue weighted by Gasteiger charge is 2.18. The molecule has 0 bridgehead atoms. The summed E-state index contributed by atoms with van der Waals surface area (Å²) in [6, 6.07) is 7.38. The maximum atomic E-state index is 6.34. The fourth-order valence-electron chi connectivity index (χ4n) is 2.24. The number of hydrogen-bond acceptors (Lipinski definition) is 3. The molecular formula is C15H11BrCl2N4. The smallest absolute Gasteiger partial charge is 0.132 e. The van der Waals surface area contributed by atoms with Crippen molar-refractivity contribution in [1.29, 1.82) is 0 Å². The van der Waals surface area contributed by atoms with E-state index in [2.05, 4.69) is 26.0 Å². The number of nitrogens with zero attached hydrogens (tertiary/aromatic N) is 3. The Labute approximate surface area is 146 Å². The SMILES string of the molecule is Cn1cc(-c2cccc(Cl)c2Cl)c(-c2cc(Br)cnc2N)n1. The lowest BCUT2D eigenvalue weighted by molar-refractivity contribution is 0.771. The molecule has 0 aliphatic rings. The Morgan fingerprint density at radius 3 is 2.73 bits per heavy atom. The first-order chi connectivity index (χ1) is 10.5. The molecule has 22 heavy (non-hydrogen) atoms. The molecule has 0 atom stereocenters. The summed E-state index contributed by atoms with van der Waals surface area (Å²) in [6.45, 7) is 0. The van der Waals surface area contributed by atoms with E-state index in [0.29, 0.717) is 21.6 Å². The molecule has 112 valence electrons. The Hall–Kier alpha value is -1.56. The highest BCUT2D eigenvalue weighted by molar-refractivity contribution is 9.10. The van der Waals surface area contributed by atoms with Crippen molar-refractivity contribution in [3.63, 3.8) is 0 Å². The van der Waals surface area contributed by atoms with Crippen LogP contribution in [0.15, 0.2) is 41.1 Å². The van der Waals surface area contributed by atoms with E-state index in [1.54, 1.807) is 16.9 Å². The van der Waals surface area contributed by atoms with Crippen LogP contribution >= 0.6 is 39.1 Å². The number of nitrogens with two attached hydrogens (primary N) is 1. The van der Waals surface area contributed by atoms with Crippen molar-refractivity contribution in [3.8, 4) is 22.4 Å². The van der Waals surface area contributed by atoms with E-state index in [4.69, 9.17) is 28.9 Å². The van der Waals surface area contributed by atoms with Crippen LogP contribution in [0.1, 0.15) is 0 Å². The standard InChI is InChI=1S/C15H11BrCl2N4/c1-22-7-11(9-3-2-4-12(17)13(9)18)14(21-22)10-5-8(16)6-20-15(10)19/h2-7H,1H3,(H2,19,20). The molecule has 1 aromatic carbocycles. The summed E-state index contributed by atoms with van der Waals surface area (Å²) in [5.74, 6) is 0.404. The average Bonchev–Trinajstić information content (AvgIpc) is 2.86. The van der Waals surface area contributed by atoms with E-state index < -0.39 is 0 Å². The van der Waals surface area contributed by atoms with Crippen molar-refractivity contribution >= 4 is 44.9 Å². The van der Waals surface area contributed by atoms with Gasteiger partial charge in [0.25, 0.3) is 0 Å². The zero-order chi connectivity index (χ0) is 15.9. The van der Waals surface area contributed by atoms with Crippen LogP contribution in [-0.2, 0) is 7.05 Å². The number of aryl methyl sites for hydroxylation is 1. The van der Waals surface area contributed by atoms with Crippen molar-refractivity contribution in [2.75, 3.05) is 5.73 Å². The summed E-state index contributed by atoms with van der Waals surface area (Å²) in [6.07, 6.45) is 3.53. The predicted octanol–water partition coefficient (Wildman–Crippen LogP) is 4.80. The Morgan fingerprint density at radius 1 is 1.18 bits per heavy atom. The van der Waals surface area contributed by atoms with Gasteiger partial charge in [0, 0.05) is 40.6 Å². The van der Waals surface area contributed by atoms with Crippen molar-refractivity contribution < 1.29 is 0 Å². The Morgan fingerprint density at radius 2 is 1.95 bits per heavy atom. The molecule has 2 aromatic heterocycles. The van der Waals surface area contributed by atoms with Gasteiger partial charge in [-0.25, -0.2) is 4.98 Å². The Balaban J connectivity index is 2.27. The minimum Gasteiger partial charge on any atom is -0.383 e. The minimum absolute atomic E-state index is 0.404. The second-order valence-corrected chi connectivity index (χ2v) is 6.45. The average molecular weight is 398 g/mol. The van der Waals surface area contributed by atoms with Gasteiger partial charge in [0.15, 0.2) is 0 Å². The number of benzene rings is 1. The summed E-state index contributed by atoms with van der Waals surface area (Å²) in [5.41, 5.74) is 9.10. The van der Waals surface area contributed by atoms with Gasteiger partial charge in [0.1, 0.15) is 11.5 Å². The number of rotatable bonds is 2. The van der Waals surface area contributed by atoms with Crippen LogP contribution in [0.2, 0.25) is 10.0 Å². The van der Waals surface area contributed by atoms with Crippen LogP contribution in [0, 0.1) is 0 Å². The van der Waals surface area contributed by atoms with Gasteiger partial charge in [0.2, 0.25) is 0 Å². The first kappa shape index (κ1) is 15.3. The van der Waals surface area contributed by atoms with Crippen LogP contribution < -0.4 is 5.73 Å². The molecule has 2 N–H and O–H groups in total. The van der Waals surface area contributed by atoms with Crippen LogP contribution in [0.4, 0.5) is 5.82 Å². The summed E-state index contributed by atoms with van der Waals surface area (Å²) < 4.78 is 2.54. The first-order valence-electron chi connectivity index (χ1n) is 6.37. The summed E-state index contributed by atoms with van der Waals surface area (Å²) in [4.78, 5) is 4.16. The normalized spacial score (nSPS) is 10.9. The fraction of sp³-hybridized carbons (Fsp3) is 0.0667. The zero-order valence-electron chi connectivity index (χ0n) is 11.5. The third-order valence-electron chi connectivity index (χ3n) is 3.21. The lowest BCUT2D eigenvalue weighted by Gasteiger charge is -2.08. The van der Waals surface area contributed by atoms with Gasteiger partial charge < -0.3 is 5.73 Å². The zero-order valence-corrected chi connectivity index (χ0v) is 14.6. The van der Waals surface area contributed by atoms with Gasteiger partial charge in [-0.2, -0.15) is 5.10 Å². The van der Waals surface area contributed by atoms with E-state index in [0.717, 1.165) is 21.2 Å². The van der Waals surface area contributed by atoms with Gasteiger partial charge in [0.05, 0.1) is 10.0 Å². The van der Waals surface area contributed by atoms with Gasteiger partial charge >= 0.3 is 0 Å². The second-order valence-electron chi connectivity index (χ2n) is 4.75. The number of hydrogen-bond donors (Lipinski definition) is 1. The number of pyridine rings is 1. The third-order valence-corrected chi connectivity index (χ3v) is 4.46. The Kier molecular flexibility index (Phi) is 4.12. The number of anilines is 1. The van der Waals surface area contributed by atoms with Gasteiger partial charge in [-0.15, -0.1) is 0 Å². The summed E-state index contributed by atoms with van der Waals surface area (Å²) in [7, 11) is 1.84. The van der Waals surface area contributed by atoms with Crippen LogP contribution in [0.5, 0.6) is 0 Å². The van der Waals surface area contributed by atoms with Crippen molar-refractivity contribution in [2.24, 2.45) is 7.05 Å². The highest BCUT2D eigenvalue weighted by Crippen LogP contribution is 2.39. The monoisotopic (exact) mass is 396 g/mol. The lowest BCUT2D eigenvalue weighted by atomic mass is 10.0. The Bertz CT molecular complexity index is 841. The van der Waals surface area contributed by atoms with E-state index in [9.17, 15) is 0 Å². The van der Waals surface area contributed by atoms with Crippen LogP contribution in [0.3, 0.4) is 0 Å². The molecule has 0 fully saturated rings. The van der Waals surface area contributed by atoms with E-state index >= 15 is 0 Å². The molecule has 0 amide bonds. The molecule has 2 heterocycles. The molecule has 0 radical (unpaired) electrons. The van der Waals surface area contributed by atoms with Crippen molar-refractivity contribution in [1.82, 2.24) is 14.8 Å². The molecule has 4 nitrogen and oxygen atoms in total. The number of nitrogen functional groups attached to an aromatic ring is 1. The molecule has 0 saturated heterocycles. The topological polar surface area (TPSA) is 56.7 Å². The van der Waals surface area contributed by atoms with E-state index in [-0.39, 0.29) is 0 Å². The van der Waals surface area contributed by atoms with Gasteiger partial charge in [-0.1, -0.05) is 35.3 Å². The molecule has 3 rings (SSSR count). The first-order valence-corrected chi connectivity index (χ1v) is 7.91. The van der Waals surface area contributed by atoms with Crippen LogP contribution in [0.25, 0.3) is 22.4 Å². The second kappa shape index (κ2) is 5.91. The molecule has 0 saturated carbocycles. The van der Waals surface area contributed by atoms with Crippen molar-refractivity contribution in [3.05, 3.63) is 51.2 Å². The molecule has 0 spiro atoms. The molecule has 0 aliphatic carbocycles. The molecular weight excluding hydrogens is 387 g/mol. The highest BCUT2D eigenvalue weighted by atomic mass is 79.9. The maximum Gasteiger partial charge on any atom is 0.132 e. The number of halogens is 3. The largest absolute Gasteiger partial charge is 0.383 e. The van der Waals surface area contributed by atoms with Gasteiger partial charge in [-0.05, 0) is 28.1 Å².